The Bertz CT molecular complexity index is 700. The molecule has 0 fully saturated rings. The van der Waals surface area contributed by atoms with Gasteiger partial charge in [-0.3, -0.25) is 4.57 Å². The highest BCUT2D eigenvalue weighted by molar-refractivity contribution is 5.78. The number of hydrogen-bond donors (Lipinski definition) is 0. The summed E-state index contributed by atoms with van der Waals surface area (Å²) in [6.07, 6.45) is 9.30. The predicted octanol–water partition coefficient (Wildman–Crippen LogP) is 1.92. The number of amides is 1. The van der Waals surface area contributed by atoms with E-state index >= 15 is 0 Å². The third kappa shape index (κ3) is 2.75. The SMILES string of the molecule is C#CCOc1cccc(CN2CCc3cncn3C2=O)c1. The van der Waals surface area contributed by atoms with Crippen LogP contribution in [-0.2, 0) is 13.0 Å². The Balaban J connectivity index is 1.73. The molecule has 1 aliphatic heterocycles. The number of carbonyl (C=O) groups is 1. The molecule has 0 bridgehead atoms. The highest BCUT2D eigenvalue weighted by Gasteiger charge is 2.23. The van der Waals surface area contributed by atoms with Crippen molar-refractivity contribution in [1.82, 2.24) is 14.5 Å². The highest BCUT2D eigenvalue weighted by atomic mass is 16.5. The minimum absolute atomic E-state index is 0.0382. The van der Waals surface area contributed by atoms with Crippen molar-refractivity contribution in [1.29, 1.82) is 0 Å². The van der Waals surface area contributed by atoms with Crippen LogP contribution in [0, 0.1) is 12.3 Å². The maximum Gasteiger partial charge on any atom is 0.329 e. The molecule has 0 N–H and O–H groups in total. The number of aromatic nitrogens is 2. The summed E-state index contributed by atoms with van der Waals surface area (Å²) in [4.78, 5) is 18.2. The van der Waals surface area contributed by atoms with Gasteiger partial charge in [0.2, 0.25) is 0 Å². The number of carbonyl (C=O) groups excluding carboxylic acids is 1. The molecule has 1 amide bonds. The van der Waals surface area contributed by atoms with E-state index in [4.69, 9.17) is 11.2 Å². The second kappa shape index (κ2) is 5.71. The molecule has 1 aromatic carbocycles. The second-order valence-corrected chi connectivity index (χ2v) is 4.85. The first-order valence-corrected chi connectivity index (χ1v) is 6.73. The largest absolute Gasteiger partial charge is 0.481 e. The van der Waals surface area contributed by atoms with Crippen molar-refractivity contribution in [3.8, 4) is 18.1 Å². The molecule has 0 atom stereocenters. The fourth-order valence-corrected chi connectivity index (χ4v) is 2.40. The summed E-state index contributed by atoms with van der Waals surface area (Å²) >= 11 is 0. The Morgan fingerprint density at radius 3 is 3.19 bits per heavy atom. The van der Waals surface area contributed by atoms with Crippen molar-refractivity contribution in [2.75, 3.05) is 13.2 Å². The molecule has 0 aliphatic carbocycles. The van der Waals surface area contributed by atoms with E-state index in [1.165, 1.54) is 0 Å². The molecule has 1 aromatic heterocycles. The Kier molecular flexibility index (Phi) is 3.61. The summed E-state index contributed by atoms with van der Waals surface area (Å²) in [6, 6.07) is 7.60. The van der Waals surface area contributed by atoms with E-state index in [0.717, 1.165) is 23.4 Å². The molecule has 3 rings (SSSR count). The molecule has 0 radical (unpaired) electrons. The van der Waals surface area contributed by atoms with Gasteiger partial charge in [-0.15, -0.1) is 6.42 Å². The molecule has 0 saturated heterocycles. The Hall–Kier alpha value is -2.74. The van der Waals surface area contributed by atoms with Gasteiger partial charge in [-0.05, 0) is 17.7 Å². The van der Waals surface area contributed by atoms with E-state index < -0.39 is 0 Å². The molecule has 0 saturated carbocycles. The number of hydrogen-bond acceptors (Lipinski definition) is 3. The van der Waals surface area contributed by atoms with Crippen molar-refractivity contribution in [3.05, 3.63) is 48.0 Å². The minimum Gasteiger partial charge on any atom is -0.481 e. The number of terminal acetylenes is 1. The summed E-state index contributed by atoms with van der Waals surface area (Å²) in [7, 11) is 0. The van der Waals surface area contributed by atoms with E-state index in [2.05, 4.69) is 10.9 Å². The summed E-state index contributed by atoms with van der Waals surface area (Å²) < 4.78 is 7.00. The Morgan fingerprint density at radius 2 is 2.33 bits per heavy atom. The van der Waals surface area contributed by atoms with Crippen LogP contribution < -0.4 is 4.74 Å². The third-order valence-corrected chi connectivity index (χ3v) is 3.42. The topological polar surface area (TPSA) is 47.4 Å². The van der Waals surface area contributed by atoms with Gasteiger partial charge >= 0.3 is 6.03 Å². The molecule has 2 aromatic rings. The lowest BCUT2D eigenvalue weighted by molar-refractivity contribution is 0.189. The van der Waals surface area contributed by atoms with Crippen LogP contribution in [0.15, 0.2) is 36.8 Å². The van der Waals surface area contributed by atoms with Crippen LogP contribution in [0.4, 0.5) is 4.79 Å². The average Bonchev–Trinajstić information content (AvgIpc) is 2.98. The van der Waals surface area contributed by atoms with Crippen LogP contribution in [0.5, 0.6) is 5.75 Å². The monoisotopic (exact) mass is 281 g/mol. The van der Waals surface area contributed by atoms with Crippen molar-refractivity contribution < 1.29 is 9.53 Å². The zero-order valence-corrected chi connectivity index (χ0v) is 11.5. The van der Waals surface area contributed by atoms with Crippen molar-refractivity contribution in [2.24, 2.45) is 0 Å². The smallest absolute Gasteiger partial charge is 0.329 e. The van der Waals surface area contributed by atoms with Crippen LogP contribution in [0.3, 0.4) is 0 Å². The number of imidazole rings is 1. The molecule has 1 aliphatic rings. The van der Waals surface area contributed by atoms with Gasteiger partial charge in [0.1, 0.15) is 18.7 Å². The van der Waals surface area contributed by atoms with Crippen LogP contribution in [0.1, 0.15) is 11.3 Å². The quantitative estimate of drug-likeness (QED) is 0.804. The molecule has 0 spiro atoms. The minimum atomic E-state index is -0.0382. The van der Waals surface area contributed by atoms with Gasteiger partial charge in [0.05, 0.1) is 0 Å². The fraction of sp³-hybridized carbons (Fsp3) is 0.250. The van der Waals surface area contributed by atoms with Crippen LogP contribution in [0.2, 0.25) is 0 Å². The molecular formula is C16H15N3O2. The molecule has 21 heavy (non-hydrogen) atoms. The van der Waals surface area contributed by atoms with Crippen molar-refractivity contribution >= 4 is 6.03 Å². The van der Waals surface area contributed by atoms with E-state index in [1.807, 2.05) is 24.3 Å². The summed E-state index contributed by atoms with van der Waals surface area (Å²) in [5.41, 5.74) is 1.98. The summed E-state index contributed by atoms with van der Waals surface area (Å²) in [5, 5.41) is 0. The van der Waals surface area contributed by atoms with E-state index in [1.54, 1.807) is 22.0 Å². The van der Waals surface area contributed by atoms with Crippen LogP contribution in [-0.4, -0.2) is 33.6 Å². The van der Waals surface area contributed by atoms with Gasteiger partial charge < -0.3 is 9.64 Å². The Labute approximate surface area is 123 Å². The van der Waals surface area contributed by atoms with Crippen LogP contribution >= 0.6 is 0 Å². The van der Waals surface area contributed by atoms with Gasteiger partial charge in [-0.2, -0.15) is 0 Å². The lowest BCUT2D eigenvalue weighted by Crippen LogP contribution is -2.40. The van der Waals surface area contributed by atoms with Gasteiger partial charge in [0.15, 0.2) is 0 Å². The molecule has 5 heteroatoms. The van der Waals surface area contributed by atoms with Gasteiger partial charge in [0, 0.05) is 31.4 Å². The number of nitrogens with zero attached hydrogens (tertiary/aromatic N) is 3. The zero-order chi connectivity index (χ0) is 14.7. The van der Waals surface area contributed by atoms with Crippen molar-refractivity contribution in [2.45, 2.75) is 13.0 Å². The van der Waals surface area contributed by atoms with Crippen LogP contribution in [0.25, 0.3) is 0 Å². The second-order valence-electron chi connectivity index (χ2n) is 4.85. The van der Waals surface area contributed by atoms with E-state index in [9.17, 15) is 4.79 Å². The number of rotatable bonds is 4. The molecular weight excluding hydrogens is 266 g/mol. The normalized spacial score (nSPS) is 13.7. The number of ether oxygens (including phenoxy) is 1. The Morgan fingerprint density at radius 1 is 1.43 bits per heavy atom. The first-order valence-electron chi connectivity index (χ1n) is 6.73. The highest BCUT2D eigenvalue weighted by Crippen LogP contribution is 2.18. The van der Waals surface area contributed by atoms with Crippen molar-refractivity contribution in [3.63, 3.8) is 0 Å². The lowest BCUT2D eigenvalue weighted by atomic mass is 10.2. The molecule has 5 nitrogen and oxygen atoms in total. The first-order chi connectivity index (χ1) is 10.3. The molecule has 0 unspecified atom stereocenters. The number of fused-ring (bicyclic) bond motifs is 1. The van der Waals surface area contributed by atoms with Gasteiger partial charge in [-0.1, -0.05) is 18.1 Å². The standard InChI is InChI=1S/C16H15N3O2/c1-2-8-21-15-5-3-4-13(9-15)11-18-7-6-14-10-17-12-19(14)16(18)20/h1,3-5,9-10,12H,6-8,11H2. The third-order valence-electron chi connectivity index (χ3n) is 3.42. The zero-order valence-electron chi connectivity index (χ0n) is 11.5. The number of benzene rings is 1. The maximum absolute atomic E-state index is 12.3. The maximum atomic E-state index is 12.3. The molecule has 2 heterocycles. The predicted molar refractivity (Wildman–Crippen MR) is 77.9 cm³/mol. The van der Waals surface area contributed by atoms with E-state index in [-0.39, 0.29) is 12.6 Å². The van der Waals surface area contributed by atoms with E-state index in [0.29, 0.717) is 13.1 Å². The average molecular weight is 281 g/mol. The summed E-state index contributed by atoms with van der Waals surface area (Å²) in [5.74, 6) is 3.16. The first kappa shape index (κ1) is 13.3. The summed E-state index contributed by atoms with van der Waals surface area (Å²) in [6.45, 7) is 1.48. The van der Waals surface area contributed by atoms with Gasteiger partial charge in [0.25, 0.3) is 0 Å². The lowest BCUT2D eigenvalue weighted by Gasteiger charge is -2.27. The van der Waals surface area contributed by atoms with Gasteiger partial charge in [-0.25, -0.2) is 9.78 Å². The molecule has 106 valence electrons. The fourth-order valence-electron chi connectivity index (χ4n) is 2.40.